The summed E-state index contributed by atoms with van der Waals surface area (Å²) in [5.74, 6) is 7.68. The highest BCUT2D eigenvalue weighted by molar-refractivity contribution is 4.85. The molecule has 4 fully saturated rings. The van der Waals surface area contributed by atoms with Gasteiger partial charge >= 0.3 is 0 Å². The van der Waals surface area contributed by atoms with Crippen LogP contribution < -0.4 is 0 Å². The van der Waals surface area contributed by atoms with Gasteiger partial charge in [0.05, 0.1) is 0 Å². The molecule has 0 heterocycles. The first-order chi connectivity index (χ1) is 13.3. The second kappa shape index (κ2) is 10.2. The number of hydrogen-bond donors (Lipinski definition) is 0. The molecule has 0 atom stereocenters. The fraction of sp³-hybridized carbons (Fsp3) is 1.00. The topological polar surface area (TPSA) is 0 Å². The SMILES string of the molecule is CC1CCC(CCC2CCC(C3CCC(C4CCCCC4)CC3)CC2)CC1. The van der Waals surface area contributed by atoms with Crippen LogP contribution in [0, 0.1) is 41.4 Å². The van der Waals surface area contributed by atoms with Crippen molar-refractivity contribution >= 4 is 0 Å². The van der Waals surface area contributed by atoms with E-state index in [2.05, 4.69) is 6.92 Å². The Bertz CT molecular complexity index is 396. The summed E-state index contributed by atoms with van der Waals surface area (Å²) in [5, 5.41) is 0. The number of hydrogen-bond acceptors (Lipinski definition) is 0. The quantitative estimate of drug-likeness (QED) is 0.452. The van der Waals surface area contributed by atoms with Crippen molar-refractivity contribution in [2.45, 2.75) is 129 Å². The summed E-state index contributed by atoms with van der Waals surface area (Å²) in [6.45, 7) is 2.46. The van der Waals surface area contributed by atoms with Crippen LogP contribution in [0.5, 0.6) is 0 Å². The molecule has 0 N–H and O–H groups in total. The van der Waals surface area contributed by atoms with Gasteiger partial charge in [0.15, 0.2) is 0 Å². The molecule has 4 aliphatic rings. The van der Waals surface area contributed by atoms with Crippen LogP contribution in [0.2, 0.25) is 0 Å². The van der Waals surface area contributed by atoms with Gasteiger partial charge in [-0.1, -0.05) is 90.4 Å². The predicted octanol–water partition coefficient (Wildman–Crippen LogP) is 8.79. The molecule has 0 spiro atoms. The molecule has 0 radical (unpaired) electrons. The third-order valence-electron chi connectivity index (χ3n) is 9.81. The van der Waals surface area contributed by atoms with Gasteiger partial charge in [-0.2, -0.15) is 0 Å². The molecule has 0 amide bonds. The second-order valence-electron chi connectivity index (χ2n) is 11.6. The van der Waals surface area contributed by atoms with Gasteiger partial charge in [-0.3, -0.25) is 0 Å². The molecule has 0 aromatic carbocycles. The molecular weight excluding hydrogens is 324 g/mol. The van der Waals surface area contributed by atoms with E-state index in [1.165, 1.54) is 32.1 Å². The average Bonchev–Trinajstić information content (AvgIpc) is 2.75. The van der Waals surface area contributed by atoms with Crippen molar-refractivity contribution in [2.75, 3.05) is 0 Å². The monoisotopic (exact) mass is 372 g/mol. The van der Waals surface area contributed by atoms with Crippen LogP contribution in [-0.4, -0.2) is 0 Å². The summed E-state index contributed by atoms with van der Waals surface area (Å²) >= 11 is 0. The van der Waals surface area contributed by atoms with Crippen LogP contribution in [0.1, 0.15) is 129 Å². The minimum atomic E-state index is 1.02. The van der Waals surface area contributed by atoms with Crippen molar-refractivity contribution in [1.29, 1.82) is 0 Å². The summed E-state index contributed by atoms with van der Waals surface area (Å²) in [5.41, 5.74) is 0. The lowest BCUT2D eigenvalue weighted by Gasteiger charge is -2.40. The molecule has 0 aliphatic heterocycles. The summed E-state index contributed by atoms with van der Waals surface area (Å²) < 4.78 is 0. The van der Waals surface area contributed by atoms with Gasteiger partial charge in [0.2, 0.25) is 0 Å². The minimum absolute atomic E-state index is 1.02. The highest BCUT2D eigenvalue weighted by Gasteiger charge is 2.33. The highest BCUT2D eigenvalue weighted by atomic mass is 14.4. The van der Waals surface area contributed by atoms with E-state index in [0.717, 1.165) is 41.4 Å². The van der Waals surface area contributed by atoms with Crippen LogP contribution in [-0.2, 0) is 0 Å². The zero-order chi connectivity index (χ0) is 18.5. The van der Waals surface area contributed by atoms with Crippen molar-refractivity contribution in [1.82, 2.24) is 0 Å². The Labute approximate surface area is 170 Å². The third kappa shape index (κ3) is 5.76. The third-order valence-corrected chi connectivity index (χ3v) is 9.81. The molecule has 0 aromatic rings. The average molecular weight is 373 g/mol. The molecule has 4 aliphatic carbocycles. The van der Waals surface area contributed by atoms with Crippen LogP contribution in [0.25, 0.3) is 0 Å². The van der Waals surface area contributed by atoms with Crippen LogP contribution in [0.4, 0.5) is 0 Å². The molecular formula is C27H48. The van der Waals surface area contributed by atoms with Crippen LogP contribution in [0.3, 0.4) is 0 Å². The standard InChI is InChI=1S/C27H48/c1-21-7-9-22(10-8-21)11-12-23-13-15-25(16-14-23)27-19-17-26(18-20-27)24-5-3-2-4-6-24/h21-27H,2-20H2,1H3. The van der Waals surface area contributed by atoms with Crippen molar-refractivity contribution in [3.05, 3.63) is 0 Å². The lowest BCUT2D eigenvalue weighted by Crippen LogP contribution is -2.29. The fourth-order valence-corrected chi connectivity index (χ4v) is 7.73. The molecule has 0 nitrogen and oxygen atoms in total. The Morgan fingerprint density at radius 3 is 1.26 bits per heavy atom. The van der Waals surface area contributed by atoms with Gasteiger partial charge < -0.3 is 0 Å². The molecule has 0 heteroatoms. The summed E-state index contributed by atoms with van der Waals surface area (Å²) in [6.07, 6.45) is 29.7. The first-order valence-corrected chi connectivity index (χ1v) is 13.3. The van der Waals surface area contributed by atoms with Gasteiger partial charge in [-0.15, -0.1) is 0 Å². The molecule has 156 valence electrons. The summed E-state index contributed by atoms with van der Waals surface area (Å²) in [7, 11) is 0. The molecule has 27 heavy (non-hydrogen) atoms. The molecule has 4 rings (SSSR count). The molecule has 0 saturated heterocycles. The van der Waals surface area contributed by atoms with Gasteiger partial charge in [0.1, 0.15) is 0 Å². The van der Waals surface area contributed by atoms with Crippen molar-refractivity contribution < 1.29 is 0 Å². The summed E-state index contributed by atoms with van der Waals surface area (Å²) in [4.78, 5) is 0. The van der Waals surface area contributed by atoms with Crippen molar-refractivity contribution in [3.63, 3.8) is 0 Å². The Hall–Kier alpha value is 0. The molecule has 0 aromatic heterocycles. The molecule has 0 unspecified atom stereocenters. The first-order valence-electron chi connectivity index (χ1n) is 13.3. The van der Waals surface area contributed by atoms with E-state index in [1.807, 2.05) is 0 Å². The van der Waals surface area contributed by atoms with Gasteiger partial charge in [0.25, 0.3) is 0 Å². The van der Waals surface area contributed by atoms with Crippen LogP contribution in [0.15, 0.2) is 0 Å². The van der Waals surface area contributed by atoms with Crippen molar-refractivity contribution in [2.24, 2.45) is 41.4 Å². The Morgan fingerprint density at radius 2 is 0.778 bits per heavy atom. The van der Waals surface area contributed by atoms with E-state index < -0.39 is 0 Å². The largest absolute Gasteiger partial charge is 0.0625 e. The maximum Gasteiger partial charge on any atom is -0.0386 e. The van der Waals surface area contributed by atoms with E-state index in [9.17, 15) is 0 Å². The van der Waals surface area contributed by atoms with Gasteiger partial charge in [-0.05, 0) is 80.0 Å². The molecule has 0 bridgehead atoms. The van der Waals surface area contributed by atoms with Crippen LogP contribution >= 0.6 is 0 Å². The predicted molar refractivity (Wildman–Crippen MR) is 118 cm³/mol. The first kappa shape index (κ1) is 20.3. The Balaban J connectivity index is 1.12. The zero-order valence-corrected chi connectivity index (χ0v) is 18.5. The van der Waals surface area contributed by atoms with E-state index in [0.29, 0.717) is 0 Å². The zero-order valence-electron chi connectivity index (χ0n) is 18.5. The smallest absolute Gasteiger partial charge is 0.0386 e. The van der Waals surface area contributed by atoms with Gasteiger partial charge in [0, 0.05) is 0 Å². The maximum absolute atomic E-state index is 2.46. The lowest BCUT2D eigenvalue weighted by molar-refractivity contribution is 0.109. The Morgan fingerprint density at radius 1 is 0.407 bits per heavy atom. The van der Waals surface area contributed by atoms with E-state index >= 15 is 0 Å². The van der Waals surface area contributed by atoms with E-state index in [1.54, 1.807) is 89.9 Å². The fourth-order valence-electron chi connectivity index (χ4n) is 7.73. The van der Waals surface area contributed by atoms with E-state index in [4.69, 9.17) is 0 Å². The van der Waals surface area contributed by atoms with Crippen molar-refractivity contribution in [3.8, 4) is 0 Å². The Kier molecular flexibility index (Phi) is 7.63. The number of rotatable bonds is 5. The second-order valence-corrected chi connectivity index (χ2v) is 11.6. The van der Waals surface area contributed by atoms with Gasteiger partial charge in [-0.25, -0.2) is 0 Å². The lowest BCUT2D eigenvalue weighted by atomic mass is 9.65. The maximum atomic E-state index is 2.46. The minimum Gasteiger partial charge on any atom is -0.0625 e. The molecule has 4 saturated carbocycles. The summed E-state index contributed by atoms with van der Waals surface area (Å²) in [6, 6.07) is 0. The van der Waals surface area contributed by atoms with E-state index in [-0.39, 0.29) is 0 Å². The normalized spacial score (nSPS) is 42.1. The highest BCUT2D eigenvalue weighted by Crippen LogP contribution is 2.46.